The van der Waals surface area contributed by atoms with Crippen molar-refractivity contribution in [1.82, 2.24) is 0 Å². The van der Waals surface area contributed by atoms with E-state index in [0.29, 0.717) is 17.5 Å². The maximum Gasteiger partial charge on any atom is 0.385 e. The number of hydrogen-bond acceptors (Lipinski definition) is 2. The maximum absolute atomic E-state index is 12.7. The molecule has 0 aromatic carbocycles. The van der Waals surface area contributed by atoms with Crippen molar-refractivity contribution >= 4 is 7.60 Å². The minimum Gasteiger partial charge on any atom is -0.320 e. The Morgan fingerprint density at radius 1 is 0.697 bits per heavy atom. The number of rotatable bonds is 24. The van der Waals surface area contributed by atoms with Crippen molar-refractivity contribution in [3.05, 3.63) is 12.2 Å². The lowest BCUT2D eigenvalue weighted by Gasteiger charge is -2.35. The lowest BCUT2D eigenvalue weighted by Crippen LogP contribution is -2.45. The van der Waals surface area contributed by atoms with Crippen LogP contribution in [0.3, 0.4) is 0 Å². The average molecular weight is 489 g/mol. The summed E-state index contributed by atoms with van der Waals surface area (Å²) < 4.78 is 18.6. The summed E-state index contributed by atoms with van der Waals surface area (Å²) in [6.45, 7) is 4.71. The van der Waals surface area contributed by atoms with Crippen LogP contribution < -0.4 is 0 Å². The summed E-state index contributed by atoms with van der Waals surface area (Å²) in [5, 5.41) is 0. The molecule has 2 atom stereocenters. The van der Waals surface area contributed by atoms with Gasteiger partial charge >= 0.3 is 7.60 Å². The van der Waals surface area contributed by atoms with Crippen molar-refractivity contribution in [2.45, 2.75) is 142 Å². The summed E-state index contributed by atoms with van der Waals surface area (Å²) in [6, 6.07) is 0. The minimum absolute atomic E-state index is 0.333. The molecule has 1 N–H and O–H groups in total. The summed E-state index contributed by atoms with van der Waals surface area (Å²) in [5.41, 5.74) is 0. The van der Waals surface area contributed by atoms with E-state index in [1.807, 2.05) is 21.1 Å². The largest absolute Gasteiger partial charge is 0.385 e. The van der Waals surface area contributed by atoms with E-state index >= 15 is 0 Å². The van der Waals surface area contributed by atoms with Crippen molar-refractivity contribution in [1.29, 1.82) is 0 Å². The fourth-order valence-electron chi connectivity index (χ4n) is 4.39. The maximum atomic E-state index is 12.7. The smallest absolute Gasteiger partial charge is 0.320 e. The molecule has 2 unspecified atom stereocenters. The number of hydrogen-bond donors (Lipinski definition) is 1. The first-order valence-electron chi connectivity index (χ1n) is 14.2. The van der Waals surface area contributed by atoms with Crippen molar-refractivity contribution in [3.8, 4) is 0 Å². The van der Waals surface area contributed by atoms with Gasteiger partial charge in [0.15, 0.2) is 5.78 Å². The molecular formula is C28H59NO3P+. The first-order valence-corrected chi connectivity index (χ1v) is 15.8. The molecule has 0 bridgehead atoms. The van der Waals surface area contributed by atoms with Crippen LogP contribution in [-0.2, 0) is 9.09 Å². The van der Waals surface area contributed by atoms with Gasteiger partial charge in [0.25, 0.3) is 0 Å². The molecule has 4 nitrogen and oxygen atoms in total. The molecule has 0 fully saturated rings. The second-order valence-corrected chi connectivity index (χ2v) is 12.8. The van der Waals surface area contributed by atoms with E-state index in [4.69, 9.17) is 4.52 Å². The molecule has 0 aromatic rings. The van der Waals surface area contributed by atoms with Crippen LogP contribution in [0.4, 0.5) is 0 Å². The molecule has 33 heavy (non-hydrogen) atoms. The van der Waals surface area contributed by atoms with Crippen LogP contribution in [0.25, 0.3) is 0 Å². The Kier molecular flexibility index (Phi) is 21.1. The molecule has 5 heteroatoms. The van der Waals surface area contributed by atoms with Gasteiger partial charge in [-0.15, -0.1) is 0 Å². The summed E-state index contributed by atoms with van der Waals surface area (Å²) in [6.07, 6.45) is 28.4. The Balaban J connectivity index is 3.48. The van der Waals surface area contributed by atoms with Gasteiger partial charge in [0.1, 0.15) is 0 Å². The minimum atomic E-state index is -3.57. The first-order chi connectivity index (χ1) is 15.8. The molecule has 0 radical (unpaired) electrons. The topological polar surface area (TPSA) is 46.5 Å². The molecule has 0 saturated carbocycles. The summed E-state index contributed by atoms with van der Waals surface area (Å²) in [5.74, 6) is -0.333. The molecule has 0 spiro atoms. The van der Waals surface area contributed by atoms with E-state index in [1.165, 1.54) is 96.3 Å². The highest BCUT2D eigenvalue weighted by Gasteiger charge is 2.41. The van der Waals surface area contributed by atoms with Crippen LogP contribution in [-0.4, -0.2) is 42.9 Å². The van der Waals surface area contributed by atoms with Crippen LogP contribution in [0.5, 0.6) is 0 Å². The predicted octanol–water partition coefficient (Wildman–Crippen LogP) is 9.23. The molecule has 0 saturated heterocycles. The average Bonchev–Trinajstić information content (AvgIpc) is 2.75. The monoisotopic (exact) mass is 488 g/mol. The van der Waals surface area contributed by atoms with E-state index in [-0.39, 0.29) is 5.78 Å². The molecule has 0 aliphatic heterocycles. The molecule has 0 aliphatic rings. The van der Waals surface area contributed by atoms with Gasteiger partial charge in [-0.1, -0.05) is 109 Å². The Morgan fingerprint density at radius 2 is 1.12 bits per heavy atom. The van der Waals surface area contributed by atoms with Crippen LogP contribution >= 0.6 is 7.60 Å². The number of unbranched alkanes of at least 4 members (excludes halogenated alkanes) is 15. The highest BCUT2D eigenvalue weighted by atomic mass is 31.2. The zero-order chi connectivity index (χ0) is 24.8. The van der Waals surface area contributed by atoms with E-state index in [1.54, 1.807) is 0 Å². The summed E-state index contributed by atoms with van der Waals surface area (Å²) in [7, 11) is 2.36. The lowest BCUT2D eigenvalue weighted by atomic mass is 10.0. The van der Waals surface area contributed by atoms with Crippen LogP contribution in [0.1, 0.15) is 136 Å². The fraction of sp³-hybridized carbons (Fsp3) is 0.929. The van der Waals surface area contributed by atoms with Crippen molar-refractivity contribution in [2.24, 2.45) is 0 Å². The molecule has 0 amide bonds. The van der Waals surface area contributed by atoms with Crippen LogP contribution in [0, 0.1) is 0 Å². The van der Waals surface area contributed by atoms with Gasteiger partial charge < -0.3 is 13.9 Å². The molecule has 0 aliphatic carbocycles. The van der Waals surface area contributed by atoms with Gasteiger partial charge in [0.05, 0.1) is 27.7 Å². The SMILES string of the molecule is CCCC/C=C\CCCCCCCCCCCCCCCOP(=O)(O)C(CCC)[N+](C)(C)C. The Morgan fingerprint density at radius 3 is 1.55 bits per heavy atom. The van der Waals surface area contributed by atoms with Gasteiger partial charge in [0.2, 0.25) is 0 Å². The Labute approximate surface area is 207 Å². The molecule has 198 valence electrons. The molecular weight excluding hydrogens is 429 g/mol. The second kappa shape index (κ2) is 21.2. The van der Waals surface area contributed by atoms with Gasteiger partial charge in [-0.25, -0.2) is 0 Å². The van der Waals surface area contributed by atoms with Gasteiger partial charge in [-0.2, -0.15) is 0 Å². The van der Waals surface area contributed by atoms with Gasteiger partial charge in [-0.05, 0) is 32.1 Å². The zero-order valence-electron chi connectivity index (χ0n) is 23.0. The third-order valence-corrected chi connectivity index (χ3v) is 8.76. The van der Waals surface area contributed by atoms with Crippen molar-refractivity contribution < 1.29 is 18.5 Å². The van der Waals surface area contributed by atoms with Crippen LogP contribution in [0.15, 0.2) is 12.2 Å². The highest BCUT2D eigenvalue weighted by molar-refractivity contribution is 7.53. The van der Waals surface area contributed by atoms with Gasteiger partial charge in [0, 0.05) is 6.42 Å². The number of allylic oxidation sites excluding steroid dienone is 2. The van der Waals surface area contributed by atoms with E-state index < -0.39 is 7.60 Å². The molecule has 0 heterocycles. The summed E-state index contributed by atoms with van der Waals surface area (Å²) in [4.78, 5) is 10.4. The van der Waals surface area contributed by atoms with Gasteiger partial charge in [-0.3, -0.25) is 4.57 Å². The lowest BCUT2D eigenvalue weighted by molar-refractivity contribution is -0.883. The highest BCUT2D eigenvalue weighted by Crippen LogP contribution is 2.51. The van der Waals surface area contributed by atoms with E-state index in [2.05, 4.69) is 26.0 Å². The first kappa shape index (κ1) is 32.8. The van der Waals surface area contributed by atoms with Crippen molar-refractivity contribution in [2.75, 3.05) is 27.7 Å². The standard InChI is InChI=1S/C28H58NO3P/c1-6-8-9-10-11-12-13-14-15-16-17-18-19-20-21-22-23-24-25-27-32-33(30,31)28(26-7-2)29(3,4)5/h10-11,28H,6-9,12-27H2,1-5H3/p+1/b11-10-. The number of nitrogens with zero attached hydrogens (tertiary/aromatic N) is 1. The normalized spacial score (nSPS) is 15.2. The summed E-state index contributed by atoms with van der Waals surface area (Å²) >= 11 is 0. The quantitative estimate of drug-likeness (QED) is 0.0637. The van der Waals surface area contributed by atoms with E-state index in [0.717, 1.165) is 19.3 Å². The van der Waals surface area contributed by atoms with E-state index in [9.17, 15) is 9.46 Å². The second-order valence-electron chi connectivity index (χ2n) is 10.8. The Bertz CT molecular complexity index is 502. The third-order valence-electron chi connectivity index (χ3n) is 6.50. The predicted molar refractivity (Wildman–Crippen MR) is 146 cm³/mol. The Hall–Kier alpha value is -0.150. The van der Waals surface area contributed by atoms with Crippen LogP contribution in [0.2, 0.25) is 0 Å². The molecule has 0 rings (SSSR count). The number of quaternary nitrogens is 1. The zero-order valence-corrected chi connectivity index (χ0v) is 23.9. The third kappa shape index (κ3) is 19.8. The molecule has 0 aromatic heterocycles. The van der Waals surface area contributed by atoms with Crippen molar-refractivity contribution in [3.63, 3.8) is 0 Å². The fourth-order valence-corrected chi connectivity index (χ4v) is 6.42.